The second-order valence-corrected chi connectivity index (χ2v) is 6.84. The van der Waals surface area contributed by atoms with Crippen LogP contribution in [0.1, 0.15) is 48.5 Å². The van der Waals surface area contributed by atoms with E-state index in [4.69, 9.17) is 0 Å². The average molecular weight is 311 g/mol. The molecule has 0 spiro atoms. The maximum absolute atomic E-state index is 14.3. The summed E-state index contributed by atoms with van der Waals surface area (Å²) in [7, 11) is 1.72. The number of nitrogens with zero attached hydrogens (tertiary/aromatic N) is 2. The topological polar surface area (TPSA) is 37.8 Å². The molecule has 2 rings (SSSR count). The van der Waals surface area contributed by atoms with E-state index in [9.17, 15) is 8.78 Å². The van der Waals surface area contributed by atoms with E-state index in [-0.39, 0.29) is 11.0 Å². The van der Waals surface area contributed by atoms with Crippen molar-refractivity contribution in [1.82, 2.24) is 14.9 Å². The summed E-state index contributed by atoms with van der Waals surface area (Å²) in [5.74, 6) is -1.62. The molecule has 114 valence electrons. The molecule has 1 atom stereocenters. The number of nitrogens with one attached hydrogen (secondary N) is 1. The predicted molar refractivity (Wildman–Crippen MR) is 80.6 cm³/mol. The molecule has 0 saturated carbocycles. The van der Waals surface area contributed by atoms with Crippen molar-refractivity contribution < 1.29 is 8.78 Å². The van der Waals surface area contributed by atoms with E-state index in [0.29, 0.717) is 5.56 Å². The van der Waals surface area contributed by atoms with Crippen LogP contribution in [0.4, 0.5) is 8.78 Å². The SMILES string of the molecule is CNC(c1ccc(C)c(F)c1F)c1snnc1C(C)(C)C. The van der Waals surface area contributed by atoms with Crippen molar-refractivity contribution in [1.29, 1.82) is 0 Å². The van der Waals surface area contributed by atoms with Crippen molar-refractivity contribution >= 4 is 11.5 Å². The molecule has 0 aliphatic rings. The Labute approximate surface area is 127 Å². The molecule has 1 aromatic heterocycles. The van der Waals surface area contributed by atoms with Gasteiger partial charge in [-0.25, -0.2) is 8.78 Å². The summed E-state index contributed by atoms with van der Waals surface area (Å²) < 4.78 is 32.1. The molecule has 0 aliphatic heterocycles. The van der Waals surface area contributed by atoms with Gasteiger partial charge in [-0.2, -0.15) is 0 Å². The number of benzene rings is 1. The zero-order valence-corrected chi connectivity index (χ0v) is 13.6. The summed E-state index contributed by atoms with van der Waals surface area (Å²) in [5, 5.41) is 7.21. The van der Waals surface area contributed by atoms with Crippen molar-refractivity contribution in [3.05, 3.63) is 45.5 Å². The van der Waals surface area contributed by atoms with E-state index >= 15 is 0 Å². The molecule has 0 amide bonds. The monoisotopic (exact) mass is 311 g/mol. The highest BCUT2D eigenvalue weighted by atomic mass is 32.1. The second-order valence-electron chi connectivity index (χ2n) is 6.06. The van der Waals surface area contributed by atoms with Crippen LogP contribution in [0.15, 0.2) is 12.1 Å². The van der Waals surface area contributed by atoms with Crippen molar-refractivity contribution in [2.45, 2.75) is 39.2 Å². The summed E-state index contributed by atoms with van der Waals surface area (Å²) in [6.45, 7) is 7.61. The molecule has 0 bridgehead atoms. The van der Waals surface area contributed by atoms with Crippen molar-refractivity contribution in [2.24, 2.45) is 0 Å². The highest BCUT2D eigenvalue weighted by Crippen LogP contribution is 2.35. The van der Waals surface area contributed by atoms with Crippen LogP contribution < -0.4 is 5.32 Å². The molecule has 6 heteroatoms. The van der Waals surface area contributed by atoms with Crippen LogP contribution in [0.2, 0.25) is 0 Å². The molecule has 21 heavy (non-hydrogen) atoms. The Bertz CT molecular complexity index is 647. The summed E-state index contributed by atoms with van der Waals surface area (Å²) >= 11 is 1.21. The second kappa shape index (κ2) is 5.77. The van der Waals surface area contributed by atoms with Gasteiger partial charge in [0.15, 0.2) is 11.6 Å². The molecule has 1 unspecified atom stereocenters. The first-order valence-corrected chi connectivity index (χ1v) is 7.49. The molecular weight excluding hydrogens is 292 g/mol. The largest absolute Gasteiger partial charge is 0.308 e. The Hall–Kier alpha value is -1.40. The Morgan fingerprint density at radius 3 is 2.43 bits per heavy atom. The van der Waals surface area contributed by atoms with Crippen molar-refractivity contribution in [3.63, 3.8) is 0 Å². The normalized spacial score (nSPS) is 13.5. The summed E-state index contributed by atoms with van der Waals surface area (Å²) in [4.78, 5) is 0.812. The standard InChI is InChI=1S/C15H19F2N3S/c1-8-6-7-9(11(17)10(8)16)12(18-5)13-14(15(2,3)4)19-20-21-13/h6-7,12,18H,1-5H3. The third-order valence-electron chi connectivity index (χ3n) is 3.39. The van der Waals surface area contributed by atoms with Gasteiger partial charge in [-0.05, 0) is 31.1 Å². The minimum Gasteiger partial charge on any atom is -0.308 e. The maximum atomic E-state index is 14.3. The van der Waals surface area contributed by atoms with E-state index in [0.717, 1.165) is 10.6 Å². The van der Waals surface area contributed by atoms with Gasteiger partial charge in [-0.1, -0.05) is 37.4 Å². The fraction of sp³-hybridized carbons (Fsp3) is 0.467. The first-order chi connectivity index (χ1) is 9.77. The fourth-order valence-corrected chi connectivity index (χ4v) is 3.21. The minimum absolute atomic E-state index is 0.211. The Balaban J connectivity index is 2.56. The minimum atomic E-state index is -0.817. The molecular formula is C15H19F2N3S. The van der Waals surface area contributed by atoms with Crippen LogP contribution >= 0.6 is 11.5 Å². The first-order valence-electron chi connectivity index (χ1n) is 6.71. The summed E-state index contributed by atoms with van der Waals surface area (Å²) in [6.07, 6.45) is 0. The molecule has 1 heterocycles. The van der Waals surface area contributed by atoms with E-state index in [1.807, 2.05) is 20.8 Å². The Kier molecular flexibility index (Phi) is 4.39. The fourth-order valence-electron chi connectivity index (χ4n) is 2.22. The predicted octanol–water partition coefficient (Wildman–Crippen LogP) is 3.73. The number of aryl methyl sites for hydroxylation is 1. The number of aromatic nitrogens is 2. The number of rotatable bonds is 3. The van der Waals surface area contributed by atoms with Gasteiger partial charge in [0.05, 0.1) is 16.6 Å². The molecule has 1 N–H and O–H groups in total. The highest BCUT2D eigenvalue weighted by Gasteiger charge is 2.29. The van der Waals surface area contributed by atoms with Gasteiger partial charge in [-0.15, -0.1) is 5.10 Å². The first kappa shape index (κ1) is 16.0. The molecule has 0 fully saturated rings. The smallest absolute Gasteiger partial charge is 0.164 e. The lowest BCUT2D eigenvalue weighted by Crippen LogP contribution is -2.23. The third kappa shape index (κ3) is 2.96. The van der Waals surface area contributed by atoms with Crippen molar-refractivity contribution in [2.75, 3.05) is 7.05 Å². The third-order valence-corrected chi connectivity index (χ3v) is 4.18. The lowest BCUT2D eigenvalue weighted by Gasteiger charge is -2.22. The lowest BCUT2D eigenvalue weighted by atomic mass is 9.88. The lowest BCUT2D eigenvalue weighted by molar-refractivity contribution is 0.480. The zero-order chi connectivity index (χ0) is 15.8. The van der Waals surface area contributed by atoms with Gasteiger partial charge in [0.2, 0.25) is 0 Å². The quantitative estimate of drug-likeness (QED) is 0.938. The van der Waals surface area contributed by atoms with Gasteiger partial charge in [0.1, 0.15) is 0 Å². The summed E-state index contributed by atoms with van der Waals surface area (Å²) in [5.41, 5.74) is 1.16. The van der Waals surface area contributed by atoms with Crippen LogP contribution in [0.5, 0.6) is 0 Å². The van der Waals surface area contributed by atoms with E-state index in [1.54, 1.807) is 26.1 Å². The van der Waals surface area contributed by atoms with E-state index in [2.05, 4.69) is 14.9 Å². The van der Waals surface area contributed by atoms with Crippen molar-refractivity contribution in [3.8, 4) is 0 Å². The van der Waals surface area contributed by atoms with Crippen LogP contribution in [-0.2, 0) is 5.41 Å². The molecule has 2 aromatic rings. The number of hydrogen-bond acceptors (Lipinski definition) is 4. The summed E-state index contributed by atoms with van der Waals surface area (Å²) in [6, 6.07) is 2.74. The molecule has 0 saturated heterocycles. The van der Waals surface area contributed by atoms with Gasteiger partial charge in [0, 0.05) is 11.0 Å². The van der Waals surface area contributed by atoms with Gasteiger partial charge >= 0.3 is 0 Å². The Morgan fingerprint density at radius 1 is 1.19 bits per heavy atom. The highest BCUT2D eigenvalue weighted by molar-refractivity contribution is 7.05. The van der Waals surface area contributed by atoms with Crippen LogP contribution in [0, 0.1) is 18.6 Å². The van der Waals surface area contributed by atoms with Crippen LogP contribution in [0.3, 0.4) is 0 Å². The number of hydrogen-bond donors (Lipinski definition) is 1. The molecule has 0 aliphatic carbocycles. The van der Waals surface area contributed by atoms with E-state index in [1.165, 1.54) is 11.5 Å². The maximum Gasteiger partial charge on any atom is 0.164 e. The average Bonchev–Trinajstić information content (AvgIpc) is 2.89. The number of halogens is 2. The molecule has 3 nitrogen and oxygen atoms in total. The van der Waals surface area contributed by atoms with Crippen LogP contribution in [-0.4, -0.2) is 16.6 Å². The van der Waals surface area contributed by atoms with E-state index < -0.39 is 17.7 Å². The molecule has 0 radical (unpaired) electrons. The Morgan fingerprint density at radius 2 is 1.86 bits per heavy atom. The van der Waals surface area contributed by atoms with Gasteiger partial charge in [-0.3, -0.25) is 0 Å². The molecule has 1 aromatic carbocycles. The van der Waals surface area contributed by atoms with Gasteiger partial charge < -0.3 is 5.32 Å². The zero-order valence-electron chi connectivity index (χ0n) is 12.8. The van der Waals surface area contributed by atoms with Crippen LogP contribution in [0.25, 0.3) is 0 Å². The van der Waals surface area contributed by atoms with Gasteiger partial charge in [0.25, 0.3) is 0 Å².